The van der Waals surface area contributed by atoms with Crippen molar-refractivity contribution in [1.29, 1.82) is 0 Å². The second-order valence-electron chi connectivity index (χ2n) is 6.54. The molecule has 1 aliphatic rings. The van der Waals surface area contributed by atoms with Gasteiger partial charge in [0.15, 0.2) is 0 Å². The van der Waals surface area contributed by atoms with E-state index in [1.807, 2.05) is 0 Å². The highest BCUT2D eigenvalue weighted by Crippen LogP contribution is 2.29. The minimum atomic E-state index is -0.282. The normalized spacial score (nSPS) is 16.7. The van der Waals surface area contributed by atoms with Gasteiger partial charge in [-0.1, -0.05) is 6.92 Å². The molecule has 1 aromatic carbocycles. The molecule has 1 amide bonds. The lowest BCUT2D eigenvalue weighted by Crippen LogP contribution is -2.40. The van der Waals surface area contributed by atoms with Gasteiger partial charge in [-0.3, -0.25) is 4.79 Å². The van der Waals surface area contributed by atoms with E-state index in [0.29, 0.717) is 34.7 Å². The Morgan fingerprint density at radius 1 is 1.22 bits per heavy atom. The van der Waals surface area contributed by atoms with Gasteiger partial charge in [-0.25, -0.2) is 9.97 Å². The molecule has 1 atom stereocenters. The Kier molecular flexibility index (Phi) is 6.11. The molecule has 7 heteroatoms. The summed E-state index contributed by atoms with van der Waals surface area (Å²) < 4.78 is 10.5. The number of amides is 1. The highest BCUT2D eigenvalue weighted by Gasteiger charge is 2.23. The van der Waals surface area contributed by atoms with Crippen molar-refractivity contribution in [1.82, 2.24) is 9.97 Å². The summed E-state index contributed by atoms with van der Waals surface area (Å²) in [5, 5.41) is 2.83. The fourth-order valence-electron chi connectivity index (χ4n) is 3.37. The average molecular weight is 370 g/mol. The number of methoxy groups -OCH3 is 2. The number of ether oxygens (including phenoxy) is 2. The van der Waals surface area contributed by atoms with Crippen LogP contribution in [0.5, 0.6) is 11.5 Å². The lowest BCUT2D eigenvalue weighted by Gasteiger charge is -2.35. The molecule has 7 nitrogen and oxygen atoms in total. The van der Waals surface area contributed by atoms with Crippen LogP contribution in [0, 0.1) is 0 Å². The minimum Gasteiger partial charge on any atom is -0.497 e. The van der Waals surface area contributed by atoms with E-state index in [-0.39, 0.29) is 5.91 Å². The number of piperidine rings is 1. The Morgan fingerprint density at radius 3 is 2.67 bits per heavy atom. The van der Waals surface area contributed by atoms with Gasteiger partial charge >= 0.3 is 0 Å². The van der Waals surface area contributed by atoms with Gasteiger partial charge in [-0.2, -0.15) is 0 Å². The van der Waals surface area contributed by atoms with Crippen molar-refractivity contribution in [2.75, 3.05) is 31.0 Å². The molecule has 1 saturated heterocycles. The third-order valence-corrected chi connectivity index (χ3v) is 4.91. The molecular formula is C20H26N4O3. The second kappa shape index (κ2) is 8.70. The summed E-state index contributed by atoms with van der Waals surface area (Å²) in [6.45, 7) is 3.15. The van der Waals surface area contributed by atoms with Gasteiger partial charge in [-0.05, 0) is 37.8 Å². The zero-order valence-corrected chi connectivity index (χ0v) is 16.1. The highest BCUT2D eigenvalue weighted by molar-refractivity contribution is 6.04. The van der Waals surface area contributed by atoms with Crippen LogP contribution in [0.1, 0.15) is 43.0 Å². The number of carbonyl (C=O) groups excluding carboxylic acids is 1. The number of aromatic nitrogens is 2. The minimum absolute atomic E-state index is 0.282. The van der Waals surface area contributed by atoms with Crippen LogP contribution >= 0.6 is 0 Å². The van der Waals surface area contributed by atoms with Gasteiger partial charge in [0.05, 0.1) is 25.5 Å². The Bertz CT molecular complexity index is 779. The number of hydrogen-bond donors (Lipinski definition) is 1. The lowest BCUT2D eigenvalue weighted by atomic mass is 10.0. The van der Waals surface area contributed by atoms with Gasteiger partial charge in [0.25, 0.3) is 5.91 Å². The molecule has 0 bridgehead atoms. The molecule has 0 aliphatic carbocycles. The monoisotopic (exact) mass is 370 g/mol. The van der Waals surface area contributed by atoms with Crippen molar-refractivity contribution in [3.05, 3.63) is 36.2 Å². The Labute approximate surface area is 159 Å². The fraction of sp³-hybridized carbons (Fsp3) is 0.450. The molecule has 1 aromatic heterocycles. The van der Waals surface area contributed by atoms with E-state index in [0.717, 1.165) is 19.4 Å². The molecule has 1 N–H and O–H groups in total. The largest absolute Gasteiger partial charge is 0.497 e. The smallest absolute Gasteiger partial charge is 0.258 e. The highest BCUT2D eigenvalue weighted by atomic mass is 16.5. The fourth-order valence-corrected chi connectivity index (χ4v) is 3.37. The number of nitrogens with one attached hydrogen (secondary N) is 1. The molecule has 0 radical (unpaired) electrons. The number of nitrogens with zero attached hydrogens (tertiary/aromatic N) is 3. The van der Waals surface area contributed by atoms with E-state index in [4.69, 9.17) is 9.47 Å². The number of hydrogen-bond acceptors (Lipinski definition) is 6. The first-order valence-corrected chi connectivity index (χ1v) is 9.28. The van der Waals surface area contributed by atoms with E-state index >= 15 is 0 Å². The summed E-state index contributed by atoms with van der Waals surface area (Å²) in [7, 11) is 3.13. The molecule has 0 saturated carbocycles. The first-order chi connectivity index (χ1) is 13.2. The van der Waals surface area contributed by atoms with Crippen molar-refractivity contribution in [2.45, 2.75) is 38.6 Å². The summed E-state index contributed by atoms with van der Waals surface area (Å²) in [6.07, 6.45) is 7.80. The quantitative estimate of drug-likeness (QED) is 0.838. The van der Waals surface area contributed by atoms with Crippen molar-refractivity contribution in [2.24, 2.45) is 0 Å². The Morgan fingerprint density at radius 2 is 2.00 bits per heavy atom. The second-order valence-corrected chi connectivity index (χ2v) is 6.54. The molecule has 1 unspecified atom stereocenters. The molecule has 0 spiro atoms. The van der Waals surface area contributed by atoms with Gasteiger partial charge < -0.3 is 19.7 Å². The van der Waals surface area contributed by atoms with Gasteiger partial charge in [0, 0.05) is 31.0 Å². The van der Waals surface area contributed by atoms with Crippen molar-refractivity contribution in [3.8, 4) is 11.5 Å². The van der Waals surface area contributed by atoms with Gasteiger partial charge in [0.2, 0.25) is 5.95 Å². The average Bonchev–Trinajstić information content (AvgIpc) is 2.74. The zero-order chi connectivity index (χ0) is 19.2. The Balaban J connectivity index is 1.72. The number of benzene rings is 1. The maximum absolute atomic E-state index is 12.6. The summed E-state index contributed by atoms with van der Waals surface area (Å²) in [6, 6.07) is 5.70. The van der Waals surface area contributed by atoms with E-state index < -0.39 is 0 Å². The molecule has 3 rings (SSSR count). The third-order valence-electron chi connectivity index (χ3n) is 4.91. The molecule has 1 fully saturated rings. The van der Waals surface area contributed by atoms with Crippen molar-refractivity contribution in [3.63, 3.8) is 0 Å². The summed E-state index contributed by atoms with van der Waals surface area (Å²) >= 11 is 0. The van der Waals surface area contributed by atoms with Crippen LogP contribution in [0.4, 0.5) is 11.6 Å². The molecule has 27 heavy (non-hydrogen) atoms. The van der Waals surface area contributed by atoms with E-state index in [2.05, 4.69) is 27.1 Å². The van der Waals surface area contributed by atoms with Gasteiger partial charge in [0.1, 0.15) is 11.5 Å². The third kappa shape index (κ3) is 4.30. The first kappa shape index (κ1) is 18.9. The van der Waals surface area contributed by atoms with E-state index in [1.54, 1.807) is 44.8 Å². The number of anilines is 2. The predicted octanol–water partition coefficient (Wildman–Crippen LogP) is 3.52. The van der Waals surface area contributed by atoms with Crippen LogP contribution in [-0.4, -0.2) is 42.7 Å². The van der Waals surface area contributed by atoms with Crippen LogP contribution < -0.4 is 19.7 Å². The number of carbonyl (C=O) groups is 1. The standard InChI is InChI=1S/C20H26N4O3/c1-4-15-7-5-6-10-24(15)20-21-12-14(13-22-20)19(25)23-17-9-8-16(26-2)11-18(17)27-3/h8-9,11-13,15H,4-7,10H2,1-3H3,(H,23,25). The molecule has 2 heterocycles. The molecular weight excluding hydrogens is 344 g/mol. The molecule has 144 valence electrons. The van der Waals surface area contributed by atoms with E-state index in [1.165, 1.54) is 12.8 Å². The number of rotatable bonds is 6. The topological polar surface area (TPSA) is 76.6 Å². The summed E-state index contributed by atoms with van der Waals surface area (Å²) in [4.78, 5) is 23.7. The summed E-state index contributed by atoms with van der Waals surface area (Å²) in [5.41, 5.74) is 0.969. The SMILES string of the molecule is CCC1CCCCN1c1ncc(C(=O)Nc2ccc(OC)cc2OC)cn1. The first-order valence-electron chi connectivity index (χ1n) is 9.28. The predicted molar refractivity (Wildman–Crippen MR) is 105 cm³/mol. The van der Waals surface area contributed by atoms with Crippen molar-refractivity contribution >= 4 is 17.5 Å². The van der Waals surface area contributed by atoms with E-state index in [9.17, 15) is 4.79 Å². The van der Waals surface area contributed by atoms with Gasteiger partial charge in [-0.15, -0.1) is 0 Å². The zero-order valence-electron chi connectivity index (χ0n) is 16.1. The lowest BCUT2D eigenvalue weighted by molar-refractivity contribution is 0.102. The maximum Gasteiger partial charge on any atom is 0.258 e. The van der Waals surface area contributed by atoms with Crippen LogP contribution in [0.3, 0.4) is 0 Å². The van der Waals surface area contributed by atoms with Crippen LogP contribution in [0.25, 0.3) is 0 Å². The van der Waals surface area contributed by atoms with Crippen molar-refractivity contribution < 1.29 is 14.3 Å². The van der Waals surface area contributed by atoms with Crippen LogP contribution in [0.15, 0.2) is 30.6 Å². The molecule has 1 aliphatic heterocycles. The van der Waals surface area contributed by atoms with Crippen LogP contribution in [0.2, 0.25) is 0 Å². The van der Waals surface area contributed by atoms with Crippen LogP contribution in [-0.2, 0) is 0 Å². The maximum atomic E-state index is 12.6. The molecule has 2 aromatic rings. The Hall–Kier alpha value is -2.83. The summed E-state index contributed by atoms with van der Waals surface area (Å²) in [5.74, 6) is 1.60.